The monoisotopic (exact) mass is 261 g/mol. The van der Waals surface area contributed by atoms with Gasteiger partial charge >= 0.3 is 5.97 Å². The van der Waals surface area contributed by atoms with Crippen molar-refractivity contribution < 1.29 is 19.7 Å². The number of esters is 1. The third-order valence-corrected chi connectivity index (χ3v) is 2.10. The van der Waals surface area contributed by atoms with E-state index >= 15 is 0 Å². The lowest BCUT2D eigenvalue weighted by atomic mass is 10.0. The van der Waals surface area contributed by atoms with Crippen molar-refractivity contribution in [3.63, 3.8) is 0 Å². The first-order valence-electron chi connectivity index (χ1n) is 4.92. The number of aliphatic hydroxyl groups is 1. The van der Waals surface area contributed by atoms with Crippen LogP contribution in [0.5, 0.6) is 11.5 Å². The molecule has 0 spiro atoms. The molecule has 1 aromatic rings. The Morgan fingerprint density at radius 3 is 2.65 bits per heavy atom. The lowest BCUT2D eigenvalue weighted by molar-refractivity contribution is -0.132. The highest BCUT2D eigenvalue weighted by Gasteiger charge is 2.10. The quantitative estimate of drug-likeness (QED) is 0.558. The van der Waals surface area contributed by atoms with Crippen molar-refractivity contribution in [3.8, 4) is 11.5 Å². The molecule has 0 heterocycles. The molecule has 0 fully saturated rings. The second-order valence-electron chi connectivity index (χ2n) is 3.44. The number of carbonyl (C=O) groups excluding carboxylic acids is 1. The zero-order chi connectivity index (χ0) is 12.1. The van der Waals surface area contributed by atoms with Crippen molar-refractivity contribution in [2.45, 2.75) is 19.4 Å². The minimum atomic E-state index is -0.497. The summed E-state index contributed by atoms with van der Waals surface area (Å²) in [4.78, 5) is 10.7. The van der Waals surface area contributed by atoms with E-state index in [1.807, 2.05) is 0 Å². The number of rotatable bonds is 4. The number of phenolic OH excluding ortho intramolecular Hbond substituents is 1. The van der Waals surface area contributed by atoms with Crippen LogP contribution in [0, 0.1) is 0 Å². The third kappa shape index (κ3) is 4.60. The zero-order valence-corrected chi connectivity index (χ0v) is 10.2. The molecule has 0 aliphatic carbocycles. The Bertz CT molecular complexity index is 384. The molecule has 0 aliphatic rings. The van der Waals surface area contributed by atoms with Gasteiger partial charge in [0.15, 0.2) is 11.5 Å². The van der Waals surface area contributed by atoms with Crippen LogP contribution in [0.1, 0.15) is 24.9 Å². The van der Waals surface area contributed by atoms with E-state index in [-0.39, 0.29) is 36.6 Å². The maximum Gasteiger partial charge on any atom is 0.308 e. The van der Waals surface area contributed by atoms with Gasteiger partial charge in [0, 0.05) is 19.6 Å². The van der Waals surface area contributed by atoms with Gasteiger partial charge in [-0.05, 0) is 24.1 Å². The molecule has 1 rings (SSSR count). The van der Waals surface area contributed by atoms with E-state index in [0.29, 0.717) is 12.0 Å². The molecule has 0 aliphatic heterocycles. The summed E-state index contributed by atoms with van der Waals surface area (Å²) in [6.07, 6.45) is 0.409. The van der Waals surface area contributed by atoms with E-state index in [2.05, 4.69) is 0 Å². The highest BCUT2D eigenvalue weighted by Crippen LogP contribution is 2.29. The van der Waals surface area contributed by atoms with Gasteiger partial charge in [-0.15, -0.1) is 12.4 Å². The summed E-state index contributed by atoms with van der Waals surface area (Å²) < 4.78 is 4.76. The van der Waals surface area contributed by atoms with Crippen LogP contribution in [-0.4, -0.2) is 22.8 Å². The van der Waals surface area contributed by atoms with Gasteiger partial charge in [-0.1, -0.05) is 6.07 Å². The van der Waals surface area contributed by atoms with Crippen molar-refractivity contribution in [1.29, 1.82) is 0 Å². The van der Waals surface area contributed by atoms with Gasteiger partial charge < -0.3 is 20.7 Å². The van der Waals surface area contributed by atoms with E-state index in [0.717, 1.165) is 0 Å². The molecule has 0 bridgehead atoms. The van der Waals surface area contributed by atoms with Crippen LogP contribution < -0.4 is 10.5 Å². The molecule has 0 saturated heterocycles. The smallest absolute Gasteiger partial charge is 0.308 e. The molecule has 1 atom stereocenters. The molecule has 5 nitrogen and oxygen atoms in total. The molecule has 1 aromatic carbocycles. The number of aromatic hydroxyl groups is 1. The van der Waals surface area contributed by atoms with Gasteiger partial charge in [-0.3, -0.25) is 4.79 Å². The summed E-state index contributed by atoms with van der Waals surface area (Å²) in [7, 11) is 0. The lowest BCUT2D eigenvalue weighted by Gasteiger charge is -2.12. The van der Waals surface area contributed by atoms with Crippen LogP contribution >= 0.6 is 12.4 Å². The van der Waals surface area contributed by atoms with Crippen LogP contribution in [0.2, 0.25) is 0 Å². The fourth-order valence-corrected chi connectivity index (χ4v) is 1.31. The molecule has 6 heteroatoms. The Morgan fingerprint density at radius 2 is 2.18 bits per heavy atom. The summed E-state index contributed by atoms with van der Waals surface area (Å²) in [5.41, 5.74) is 6.43. The van der Waals surface area contributed by atoms with E-state index in [1.165, 1.54) is 19.1 Å². The normalized spacial score (nSPS) is 11.5. The SMILES string of the molecule is CC(=O)Oc1ccc([C@@H](N)CCO)cc1O.Cl. The Labute approximate surface area is 106 Å². The highest BCUT2D eigenvalue weighted by atomic mass is 35.5. The molecule has 0 radical (unpaired) electrons. The summed E-state index contributed by atoms with van der Waals surface area (Å²) in [6.45, 7) is 1.23. The van der Waals surface area contributed by atoms with Crippen LogP contribution in [0.3, 0.4) is 0 Å². The average Bonchev–Trinajstić information content (AvgIpc) is 2.20. The second-order valence-corrected chi connectivity index (χ2v) is 3.44. The largest absolute Gasteiger partial charge is 0.504 e. The second kappa shape index (κ2) is 7.11. The first kappa shape index (κ1) is 15.7. The third-order valence-electron chi connectivity index (χ3n) is 2.10. The fourth-order valence-electron chi connectivity index (χ4n) is 1.31. The molecule has 4 N–H and O–H groups in total. The van der Waals surface area contributed by atoms with Gasteiger partial charge in [0.2, 0.25) is 0 Å². The van der Waals surface area contributed by atoms with E-state index < -0.39 is 5.97 Å². The first-order valence-corrected chi connectivity index (χ1v) is 4.92. The molecule has 0 amide bonds. The Balaban J connectivity index is 0.00000256. The number of hydrogen-bond donors (Lipinski definition) is 3. The van der Waals surface area contributed by atoms with Gasteiger partial charge in [0.1, 0.15) is 0 Å². The van der Waals surface area contributed by atoms with Gasteiger partial charge in [0.05, 0.1) is 0 Å². The van der Waals surface area contributed by atoms with Crippen LogP contribution in [0.4, 0.5) is 0 Å². The molecule has 0 aromatic heterocycles. The number of phenols is 1. The highest BCUT2D eigenvalue weighted by molar-refractivity contribution is 5.85. The maximum absolute atomic E-state index is 10.7. The Kier molecular flexibility index (Phi) is 6.57. The first-order chi connectivity index (χ1) is 7.54. The summed E-state index contributed by atoms with van der Waals surface area (Å²) in [5.74, 6) is -0.531. The molecule has 0 unspecified atom stereocenters. The number of hydrogen-bond acceptors (Lipinski definition) is 5. The summed E-state index contributed by atoms with van der Waals surface area (Å²) >= 11 is 0. The molecular formula is C11H16ClNO4. The van der Waals surface area contributed by atoms with Gasteiger partial charge in [0.25, 0.3) is 0 Å². The van der Waals surface area contributed by atoms with Crippen molar-refractivity contribution >= 4 is 18.4 Å². The number of benzene rings is 1. The Morgan fingerprint density at radius 1 is 1.53 bits per heavy atom. The molecular weight excluding hydrogens is 246 g/mol. The van der Waals surface area contributed by atoms with Gasteiger partial charge in [-0.25, -0.2) is 0 Å². The topological polar surface area (TPSA) is 92.8 Å². The zero-order valence-electron chi connectivity index (χ0n) is 9.42. The van der Waals surface area contributed by atoms with Gasteiger partial charge in [-0.2, -0.15) is 0 Å². The average molecular weight is 262 g/mol. The maximum atomic E-state index is 10.7. The fraction of sp³-hybridized carbons (Fsp3) is 0.364. The molecule has 96 valence electrons. The lowest BCUT2D eigenvalue weighted by Crippen LogP contribution is -2.12. The van der Waals surface area contributed by atoms with Crippen LogP contribution in [0.15, 0.2) is 18.2 Å². The number of aliphatic hydroxyl groups excluding tert-OH is 1. The minimum Gasteiger partial charge on any atom is -0.504 e. The summed E-state index contributed by atoms with van der Waals surface area (Å²) in [6, 6.07) is 4.21. The van der Waals surface area contributed by atoms with E-state index in [4.69, 9.17) is 15.6 Å². The van der Waals surface area contributed by atoms with E-state index in [1.54, 1.807) is 6.07 Å². The van der Waals surface area contributed by atoms with Crippen molar-refractivity contribution in [1.82, 2.24) is 0 Å². The van der Waals surface area contributed by atoms with Crippen molar-refractivity contribution in [2.24, 2.45) is 5.73 Å². The predicted molar refractivity (Wildman–Crippen MR) is 65.3 cm³/mol. The molecule has 0 saturated carbocycles. The molecule has 17 heavy (non-hydrogen) atoms. The van der Waals surface area contributed by atoms with Crippen molar-refractivity contribution in [2.75, 3.05) is 6.61 Å². The number of ether oxygens (including phenoxy) is 1. The number of nitrogens with two attached hydrogens (primary N) is 1. The summed E-state index contributed by atoms with van der Waals surface area (Å²) in [5, 5.41) is 18.3. The van der Waals surface area contributed by atoms with Crippen LogP contribution in [0.25, 0.3) is 0 Å². The van der Waals surface area contributed by atoms with Crippen LogP contribution in [-0.2, 0) is 4.79 Å². The van der Waals surface area contributed by atoms with E-state index in [9.17, 15) is 9.90 Å². The van der Waals surface area contributed by atoms with Crippen molar-refractivity contribution in [3.05, 3.63) is 23.8 Å². The Hall–Kier alpha value is -1.30. The minimum absolute atomic E-state index is 0. The number of carbonyl (C=O) groups is 1. The standard InChI is InChI=1S/C11H15NO4.ClH/c1-7(14)16-11-3-2-8(6-10(11)15)9(12)4-5-13;/h2-3,6,9,13,15H,4-5,12H2,1H3;1H/t9-;/m0./s1. The number of halogens is 1. The predicted octanol–water partition coefficient (Wildman–Crippen LogP) is 1.12.